The zero-order chi connectivity index (χ0) is 14.8. The Bertz CT molecular complexity index is 447. The molecule has 1 rings (SSSR count). The molecule has 8 heteroatoms. The number of hydrogen-bond acceptors (Lipinski definition) is 1. The van der Waals surface area contributed by atoms with Crippen molar-refractivity contribution < 1.29 is 26.7 Å². The van der Waals surface area contributed by atoms with Crippen LogP contribution in [0.3, 0.4) is 0 Å². The minimum Gasteiger partial charge on any atom is -0.494 e. The standard InChI is InChI=1S/C11H9Br2F5O/c1-2-19-6-3-4-7(8(12)5-6)9(13)10(14,15)11(16,17)18/h3-5,9H,2H2,1H3. The zero-order valence-electron chi connectivity index (χ0n) is 9.57. The maximum atomic E-state index is 13.2. The minimum absolute atomic E-state index is 0.115. The van der Waals surface area contributed by atoms with E-state index in [1.807, 2.05) is 0 Å². The Morgan fingerprint density at radius 3 is 2.21 bits per heavy atom. The van der Waals surface area contributed by atoms with E-state index in [-0.39, 0.29) is 10.0 Å². The predicted octanol–water partition coefficient (Wildman–Crippen LogP) is 5.48. The molecular formula is C11H9Br2F5O. The summed E-state index contributed by atoms with van der Waals surface area (Å²) in [7, 11) is 0. The average Bonchev–Trinajstić information content (AvgIpc) is 2.27. The molecule has 0 aliphatic heterocycles. The quantitative estimate of drug-likeness (QED) is 0.470. The summed E-state index contributed by atoms with van der Waals surface area (Å²) in [6, 6.07) is 3.85. The molecule has 19 heavy (non-hydrogen) atoms. The van der Waals surface area contributed by atoms with Crippen molar-refractivity contribution in [3.8, 4) is 5.75 Å². The fourth-order valence-electron chi connectivity index (χ4n) is 1.31. The molecule has 0 heterocycles. The Balaban J connectivity index is 3.10. The van der Waals surface area contributed by atoms with Gasteiger partial charge >= 0.3 is 12.1 Å². The van der Waals surface area contributed by atoms with Gasteiger partial charge in [0.2, 0.25) is 0 Å². The van der Waals surface area contributed by atoms with Gasteiger partial charge in [0, 0.05) is 4.47 Å². The molecule has 0 saturated heterocycles. The second-order valence-electron chi connectivity index (χ2n) is 3.60. The van der Waals surface area contributed by atoms with E-state index in [2.05, 4.69) is 31.9 Å². The summed E-state index contributed by atoms with van der Waals surface area (Å²) in [6.45, 7) is 2.09. The van der Waals surface area contributed by atoms with Crippen LogP contribution < -0.4 is 4.74 Å². The number of benzene rings is 1. The van der Waals surface area contributed by atoms with Crippen molar-refractivity contribution >= 4 is 31.9 Å². The largest absolute Gasteiger partial charge is 0.494 e. The Kier molecular flexibility index (Phi) is 5.22. The normalized spacial score (nSPS) is 14.3. The van der Waals surface area contributed by atoms with Crippen LogP contribution in [-0.4, -0.2) is 18.7 Å². The van der Waals surface area contributed by atoms with E-state index >= 15 is 0 Å². The maximum absolute atomic E-state index is 13.2. The smallest absolute Gasteiger partial charge is 0.454 e. The molecule has 0 spiro atoms. The second-order valence-corrected chi connectivity index (χ2v) is 5.37. The summed E-state index contributed by atoms with van der Waals surface area (Å²) in [6.07, 6.45) is -5.63. The van der Waals surface area contributed by atoms with Crippen LogP contribution in [0.1, 0.15) is 17.3 Å². The van der Waals surface area contributed by atoms with Crippen molar-refractivity contribution in [3.05, 3.63) is 28.2 Å². The van der Waals surface area contributed by atoms with E-state index in [0.29, 0.717) is 12.4 Å². The van der Waals surface area contributed by atoms with Gasteiger partial charge in [0.25, 0.3) is 0 Å². The number of halogens is 7. The van der Waals surface area contributed by atoms with E-state index in [0.717, 1.165) is 6.07 Å². The van der Waals surface area contributed by atoms with Gasteiger partial charge in [-0.1, -0.05) is 37.9 Å². The highest BCUT2D eigenvalue weighted by Crippen LogP contribution is 2.50. The van der Waals surface area contributed by atoms with Crippen LogP contribution in [0.2, 0.25) is 0 Å². The lowest BCUT2D eigenvalue weighted by atomic mass is 10.1. The summed E-state index contributed by atoms with van der Waals surface area (Å²) >= 11 is 5.38. The molecule has 1 atom stereocenters. The molecule has 0 saturated carbocycles. The van der Waals surface area contributed by atoms with Gasteiger partial charge in [0.1, 0.15) is 10.6 Å². The van der Waals surface area contributed by atoms with Crippen molar-refractivity contribution in [1.82, 2.24) is 0 Å². The molecule has 0 aromatic heterocycles. The molecule has 0 N–H and O–H groups in total. The van der Waals surface area contributed by atoms with Gasteiger partial charge in [-0.3, -0.25) is 0 Å². The van der Waals surface area contributed by atoms with E-state index < -0.39 is 16.9 Å². The molecule has 1 aromatic rings. The molecule has 1 aromatic carbocycles. The molecule has 0 aliphatic carbocycles. The number of ether oxygens (including phenoxy) is 1. The second kappa shape index (κ2) is 5.95. The predicted molar refractivity (Wildman–Crippen MR) is 68.0 cm³/mol. The Hall–Kier alpha value is -0.370. The van der Waals surface area contributed by atoms with E-state index in [1.54, 1.807) is 6.92 Å². The van der Waals surface area contributed by atoms with Gasteiger partial charge < -0.3 is 4.74 Å². The highest BCUT2D eigenvalue weighted by atomic mass is 79.9. The van der Waals surface area contributed by atoms with Crippen LogP contribution in [0, 0.1) is 0 Å². The molecule has 0 aliphatic rings. The highest BCUT2D eigenvalue weighted by molar-refractivity contribution is 9.11. The summed E-state index contributed by atoms with van der Waals surface area (Å²) < 4.78 is 68.5. The Morgan fingerprint density at radius 1 is 1.21 bits per heavy atom. The third kappa shape index (κ3) is 3.59. The SMILES string of the molecule is CCOc1ccc(C(Br)C(F)(F)C(F)(F)F)c(Br)c1. The van der Waals surface area contributed by atoms with E-state index in [9.17, 15) is 22.0 Å². The molecule has 1 unspecified atom stereocenters. The van der Waals surface area contributed by atoms with Crippen molar-refractivity contribution in [2.45, 2.75) is 23.8 Å². The van der Waals surface area contributed by atoms with Crippen molar-refractivity contribution in [3.63, 3.8) is 0 Å². The van der Waals surface area contributed by atoms with Gasteiger partial charge in [0.05, 0.1) is 6.61 Å². The summed E-state index contributed by atoms with van der Waals surface area (Å²) in [5.41, 5.74) is -0.203. The van der Waals surface area contributed by atoms with Gasteiger partial charge in [0.15, 0.2) is 0 Å². The molecule has 0 amide bonds. The zero-order valence-corrected chi connectivity index (χ0v) is 12.7. The molecule has 0 bridgehead atoms. The topological polar surface area (TPSA) is 9.23 Å². The van der Waals surface area contributed by atoms with Crippen molar-refractivity contribution in [2.24, 2.45) is 0 Å². The lowest BCUT2D eigenvalue weighted by Crippen LogP contribution is -2.40. The number of hydrogen-bond donors (Lipinski definition) is 0. The van der Waals surface area contributed by atoms with E-state index in [1.165, 1.54) is 12.1 Å². The van der Waals surface area contributed by atoms with E-state index in [4.69, 9.17) is 4.74 Å². The molecule has 108 valence electrons. The fourth-order valence-corrected chi connectivity index (χ4v) is 2.86. The summed E-state index contributed by atoms with van der Waals surface area (Å²) in [5, 5.41) is 0. The third-order valence-electron chi connectivity index (χ3n) is 2.25. The summed E-state index contributed by atoms with van der Waals surface area (Å²) in [4.78, 5) is -2.18. The first kappa shape index (κ1) is 16.7. The number of alkyl halides is 6. The lowest BCUT2D eigenvalue weighted by Gasteiger charge is -2.25. The summed E-state index contributed by atoms with van der Waals surface area (Å²) in [5.74, 6) is -4.49. The van der Waals surface area contributed by atoms with Crippen molar-refractivity contribution in [1.29, 1.82) is 0 Å². The monoisotopic (exact) mass is 410 g/mol. The van der Waals surface area contributed by atoms with Gasteiger partial charge in [-0.2, -0.15) is 22.0 Å². The van der Waals surface area contributed by atoms with Crippen LogP contribution in [-0.2, 0) is 0 Å². The van der Waals surface area contributed by atoms with Crippen LogP contribution >= 0.6 is 31.9 Å². The molecule has 0 radical (unpaired) electrons. The molecular weight excluding hydrogens is 403 g/mol. The van der Waals surface area contributed by atoms with Gasteiger partial charge in [-0.15, -0.1) is 0 Å². The fraction of sp³-hybridized carbons (Fsp3) is 0.455. The first-order chi connectivity index (χ1) is 8.61. The maximum Gasteiger partial charge on any atom is 0.454 e. The van der Waals surface area contributed by atoms with Crippen LogP contribution in [0.25, 0.3) is 0 Å². The molecule has 1 nitrogen and oxygen atoms in total. The van der Waals surface area contributed by atoms with Gasteiger partial charge in [-0.05, 0) is 24.6 Å². The Morgan fingerprint density at radius 2 is 1.79 bits per heavy atom. The average molecular weight is 412 g/mol. The first-order valence-electron chi connectivity index (χ1n) is 5.12. The van der Waals surface area contributed by atoms with Crippen LogP contribution in [0.5, 0.6) is 5.75 Å². The molecule has 0 fully saturated rings. The van der Waals surface area contributed by atoms with Gasteiger partial charge in [-0.25, -0.2) is 0 Å². The van der Waals surface area contributed by atoms with Crippen LogP contribution in [0.15, 0.2) is 22.7 Å². The minimum atomic E-state index is -5.63. The third-order valence-corrected chi connectivity index (χ3v) is 4.01. The van der Waals surface area contributed by atoms with Crippen molar-refractivity contribution in [2.75, 3.05) is 6.61 Å². The highest BCUT2D eigenvalue weighted by Gasteiger charge is 2.62. The first-order valence-corrected chi connectivity index (χ1v) is 6.83. The van der Waals surface area contributed by atoms with Crippen LogP contribution in [0.4, 0.5) is 22.0 Å². The lowest BCUT2D eigenvalue weighted by molar-refractivity contribution is -0.281. The Labute approximate surface area is 123 Å². The number of rotatable bonds is 4.